The lowest BCUT2D eigenvalue weighted by Gasteiger charge is -2.15. The van der Waals surface area contributed by atoms with Gasteiger partial charge in [0, 0.05) is 12.6 Å². The van der Waals surface area contributed by atoms with Crippen molar-refractivity contribution in [2.75, 3.05) is 5.32 Å². The first-order chi connectivity index (χ1) is 14.1. The van der Waals surface area contributed by atoms with E-state index >= 15 is 0 Å². The molecule has 0 fully saturated rings. The van der Waals surface area contributed by atoms with Crippen LogP contribution in [0.25, 0.3) is 6.08 Å². The van der Waals surface area contributed by atoms with Gasteiger partial charge in [0.25, 0.3) is 5.91 Å². The third kappa shape index (κ3) is 6.83. The Bertz CT molecular complexity index is 1060. The molecule has 0 radical (unpaired) electrons. The van der Waals surface area contributed by atoms with Gasteiger partial charge in [-0.25, -0.2) is 18.4 Å². The third-order valence-electron chi connectivity index (χ3n) is 3.74. The van der Waals surface area contributed by atoms with Crippen LogP contribution in [0.4, 0.5) is 5.69 Å². The van der Waals surface area contributed by atoms with Crippen LogP contribution < -0.4 is 15.8 Å². The first kappa shape index (κ1) is 22.8. The zero-order valence-electron chi connectivity index (χ0n) is 16.3. The second-order valence-corrected chi connectivity index (χ2v) is 7.82. The number of esters is 1. The molecule has 0 aromatic heterocycles. The van der Waals surface area contributed by atoms with Gasteiger partial charge in [0.15, 0.2) is 6.10 Å². The zero-order valence-corrected chi connectivity index (χ0v) is 17.1. The topological polar surface area (TPSA) is 145 Å². The molecule has 10 heteroatoms. The van der Waals surface area contributed by atoms with Crippen molar-refractivity contribution in [3.8, 4) is 0 Å². The Morgan fingerprint density at radius 1 is 1.03 bits per heavy atom. The summed E-state index contributed by atoms with van der Waals surface area (Å²) in [5, 5.41) is 9.91. The highest BCUT2D eigenvalue weighted by Crippen LogP contribution is 2.14. The normalized spacial score (nSPS) is 12.6. The largest absolute Gasteiger partial charge is 0.448 e. The standard InChI is InChI=1S/C20H21N3O6S/c1-13(19(25)23-16-8-10-17(11-9-16)30(21,27)28)29-20(26)18(22-14(2)24)12-15-6-4-3-5-7-15/h3-13H,1-2H3,(H,22,24)(H,23,25)(H2,21,27,28)/b18-12-. The highest BCUT2D eigenvalue weighted by molar-refractivity contribution is 7.89. The summed E-state index contributed by atoms with van der Waals surface area (Å²) in [6, 6.07) is 14.0. The second-order valence-electron chi connectivity index (χ2n) is 6.26. The maximum atomic E-state index is 12.4. The van der Waals surface area contributed by atoms with Crippen LogP contribution in [-0.4, -0.2) is 32.3 Å². The number of sulfonamides is 1. The van der Waals surface area contributed by atoms with Crippen molar-refractivity contribution >= 4 is 39.6 Å². The number of hydrogen-bond acceptors (Lipinski definition) is 6. The molecule has 0 spiro atoms. The number of ether oxygens (including phenoxy) is 1. The number of benzene rings is 2. The van der Waals surface area contributed by atoms with Crippen LogP contribution in [0.5, 0.6) is 0 Å². The Morgan fingerprint density at radius 2 is 1.63 bits per heavy atom. The molecule has 0 aliphatic rings. The molecule has 1 atom stereocenters. The molecule has 4 N–H and O–H groups in total. The smallest absolute Gasteiger partial charge is 0.355 e. The number of nitrogens with two attached hydrogens (primary N) is 1. The average Bonchev–Trinajstić information content (AvgIpc) is 2.67. The van der Waals surface area contributed by atoms with Gasteiger partial charge >= 0.3 is 5.97 Å². The number of anilines is 1. The van der Waals surface area contributed by atoms with Crippen molar-refractivity contribution in [2.45, 2.75) is 24.8 Å². The zero-order chi connectivity index (χ0) is 22.3. The van der Waals surface area contributed by atoms with Crippen molar-refractivity contribution in [1.29, 1.82) is 0 Å². The van der Waals surface area contributed by atoms with Crippen LogP contribution in [0.2, 0.25) is 0 Å². The summed E-state index contributed by atoms with van der Waals surface area (Å²) in [6.07, 6.45) is 0.240. The molecule has 2 aromatic rings. The minimum atomic E-state index is -3.85. The lowest BCUT2D eigenvalue weighted by molar-refractivity contribution is -0.149. The van der Waals surface area contributed by atoms with E-state index in [9.17, 15) is 22.8 Å². The van der Waals surface area contributed by atoms with Crippen molar-refractivity contribution in [3.63, 3.8) is 0 Å². The number of amides is 2. The number of hydrogen-bond donors (Lipinski definition) is 3. The van der Waals surface area contributed by atoms with E-state index in [1.165, 1.54) is 44.2 Å². The van der Waals surface area contributed by atoms with Gasteiger partial charge in [-0.2, -0.15) is 0 Å². The van der Waals surface area contributed by atoms with Gasteiger partial charge in [-0.15, -0.1) is 0 Å². The minimum Gasteiger partial charge on any atom is -0.448 e. The fourth-order valence-corrected chi connectivity index (χ4v) is 2.82. The fourth-order valence-electron chi connectivity index (χ4n) is 2.30. The highest BCUT2D eigenvalue weighted by atomic mass is 32.2. The predicted octanol–water partition coefficient (Wildman–Crippen LogP) is 1.38. The summed E-state index contributed by atoms with van der Waals surface area (Å²) in [7, 11) is -3.85. The molecule has 9 nitrogen and oxygen atoms in total. The molecule has 0 bridgehead atoms. The van der Waals surface area contributed by atoms with Crippen LogP contribution in [0.15, 0.2) is 65.2 Å². The Hall–Kier alpha value is -3.50. The van der Waals surface area contributed by atoms with E-state index in [1.807, 2.05) is 0 Å². The predicted molar refractivity (Wildman–Crippen MR) is 110 cm³/mol. The summed E-state index contributed by atoms with van der Waals surface area (Å²) >= 11 is 0. The number of nitrogens with one attached hydrogen (secondary N) is 2. The number of primary sulfonamides is 1. The summed E-state index contributed by atoms with van der Waals surface area (Å²) in [5.41, 5.74) is 0.827. The van der Waals surface area contributed by atoms with E-state index in [2.05, 4.69) is 10.6 Å². The average molecular weight is 431 g/mol. The molecule has 2 amide bonds. The Morgan fingerprint density at radius 3 is 2.17 bits per heavy atom. The van der Waals surface area contributed by atoms with Crippen molar-refractivity contribution < 1.29 is 27.5 Å². The number of carbonyl (C=O) groups excluding carboxylic acids is 3. The Kier molecular flexibility index (Phi) is 7.45. The van der Waals surface area contributed by atoms with E-state index in [4.69, 9.17) is 9.88 Å². The fraction of sp³-hybridized carbons (Fsp3) is 0.150. The number of carbonyl (C=O) groups is 3. The second kappa shape index (κ2) is 9.81. The molecule has 158 valence electrons. The molecule has 2 rings (SSSR count). The summed E-state index contributed by atoms with van der Waals surface area (Å²) in [5.74, 6) is -2.00. The molecule has 1 unspecified atom stereocenters. The van der Waals surface area contributed by atoms with Crippen LogP contribution >= 0.6 is 0 Å². The first-order valence-electron chi connectivity index (χ1n) is 8.75. The molecular weight excluding hydrogens is 410 g/mol. The molecule has 0 aliphatic heterocycles. The maximum Gasteiger partial charge on any atom is 0.355 e. The van der Waals surface area contributed by atoms with Gasteiger partial charge in [0.2, 0.25) is 15.9 Å². The van der Waals surface area contributed by atoms with Crippen LogP contribution in [-0.2, 0) is 29.1 Å². The maximum absolute atomic E-state index is 12.4. The number of rotatable bonds is 7. The van der Waals surface area contributed by atoms with Crippen molar-refractivity contribution in [2.24, 2.45) is 5.14 Å². The van der Waals surface area contributed by atoms with E-state index in [1.54, 1.807) is 30.3 Å². The summed E-state index contributed by atoms with van der Waals surface area (Å²) in [4.78, 5) is 36.0. The summed E-state index contributed by atoms with van der Waals surface area (Å²) in [6.45, 7) is 2.60. The van der Waals surface area contributed by atoms with E-state index < -0.39 is 33.9 Å². The first-order valence-corrected chi connectivity index (χ1v) is 10.3. The molecular formula is C20H21N3O6S. The molecule has 0 saturated heterocycles. The van der Waals surface area contributed by atoms with E-state index in [0.29, 0.717) is 5.56 Å². The summed E-state index contributed by atoms with van der Waals surface area (Å²) < 4.78 is 27.7. The molecule has 30 heavy (non-hydrogen) atoms. The highest BCUT2D eigenvalue weighted by Gasteiger charge is 2.21. The SMILES string of the molecule is CC(=O)N/C(=C\c1ccccc1)C(=O)OC(C)C(=O)Nc1ccc(S(N)(=O)=O)cc1. The quantitative estimate of drug-likeness (QED) is 0.446. The van der Waals surface area contributed by atoms with Gasteiger partial charge in [-0.1, -0.05) is 30.3 Å². The van der Waals surface area contributed by atoms with Gasteiger partial charge in [-0.3, -0.25) is 9.59 Å². The molecule has 0 aliphatic carbocycles. The van der Waals surface area contributed by atoms with Gasteiger partial charge in [-0.05, 0) is 42.8 Å². The van der Waals surface area contributed by atoms with Crippen molar-refractivity contribution in [1.82, 2.24) is 5.32 Å². The van der Waals surface area contributed by atoms with Gasteiger partial charge < -0.3 is 15.4 Å². The van der Waals surface area contributed by atoms with Gasteiger partial charge in [0.05, 0.1) is 4.90 Å². The van der Waals surface area contributed by atoms with Crippen molar-refractivity contribution in [3.05, 3.63) is 65.9 Å². The monoisotopic (exact) mass is 431 g/mol. The minimum absolute atomic E-state index is 0.106. The Labute approximate surface area is 174 Å². The lowest BCUT2D eigenvalue weighted by Crippen LogP contribution is -2.33. The lowest BCUT2D eigenvalue weighted by atomic mass is 10.2. The molecule has 0 saturated carbocycles. The van der Waals surface area contributed by atoms with E-state index in [0.717, 1.165) is 0 Å². The Balaban J connectivity index is 2.07. The molecule has 0 heterocycles. The molecule has 2 aromatic carbocycles. The third-order valence-corrected chi connectivity index (χ3v) is 4.67. The van der Waals surface area contributed by atoms with E-state index in [-0.39, 0.29) is 16.3 Å². The van der Waals surface area contributed by atoms with Crippen LogP contribution in [0, 0.1) is 0 Å². The van der Waals surface area contributed by atoms with Gasteiger partial charge in [0.1, 0.15) is 5.70 Å². The van der Waals surface area contributed by atoms with Crippen LogP contribution in [0.3, 0.4) is 0 Å². The van der Waals surface area contributed by atoms with Crippen LogP contribution in [0.1, 0.15) is 19.4 Å².